The van der Waals surface area contributed by atoms with Gasteiger partial charge in [0, 0.05) is 31.9 Å². The second kappa shape index (κ2) is 10.6. The first-order chi connectivity index (χ1) is 13.7. The van der Waals surface area contributed by atoms with Crippen molar-refractivity contribution >= 4 is 11.6 Å². The number of methoxy groups -OCH3 is 1. The lowest BCUT2D eigenvalue weighted by Gasteiger charge is -2.23. The van der Waals surface area contributed by atoms with Gasteiger partial charge >= 0.3 is 0 Å². The maximum absolute atomic E-state index is 12.2. The van der Waals surface area contributed by atoms with E-state index in [-0.39, 0.29) is 5.91 Å². The van der Waals surface area contributed by atoms with Crippen LogP contribution in [0.4, 0.5) is 5.69 Å². The molecular weight excluding hydrogens is 354 g/mol. The van der Waals surface area contributed by atoms with Gasteiger partial charge in [-0.25, -0.2) is 0 Å². The maximum Gasteiger partial charge on any atom is 0.234 e. The number of anilines is 1. The summed E-state index contributed by atoms with van der Waals surface area (Å²) in [5.41, 5.74) is 1.20. The van der Waals surface area contributed by atoms with E-state index in [4.69, 9.17) is 9.47 Å². The van der Waals surface area contributed by atoms with Crippen molar-refractivity contribution in [1.29, 1.82) is 0 Å². The highest BCUT2D eigenvalue weighted by molar-refractivity contribution is 5.78. The lowest BCUT2D eigenvalue weighted by atomic mass is 10.2. The van der Waals surface area contributed by atoms with Gasteiger partial charge in [0.1, 0.15) is 18.1 Å². The summed E-state index contributed by atoms with van der Waals surface area (Å²) in [4.78, 5) is 16.8. The Hall–Kier alpha value is -2.73. The molecule has 1 saturated heterocycles. The molecule has 1 aliphatic rings. The first-order valence-corrected chi connectivity index (χ1v) is 9.80. The van der Waals surface area contributed by atoms with Gasteiger partial charge in [0.15, 0.2) is 0 Å². The fourth-order valence-corrected chi connectivity index (χ4v) is 3.32. The molecular formula is C22H29N3O3. The molecule has 1 heterocycles. The summed E-state index contributed by atoms with van der Waals surface area (Å²) in [5, 5.41) is 2.94. The van der Waals surface area contributed by atoms with Crippen molar-refractivity contribution < 1.29 is 14.3 Å². The second-order valence-electron chi connectivity index (χ2n) is 6.83. The number of nitrogens with zero attached hydrogens (tertiary/aromatic N) is 2. The number of rotatable bonds is 8. The van der Waals surface area contributed by atoms with Gasteiger partial charge in [0.2, 0.25) is 5.91 Å². The average molecular weight is 383 g/mol. The van der Waals surface area contributed by atoms with E-state index in [1.807, 2.05) is 42.5 Å². The summed E-state index contributed by atoms with van der Waals surface area (Å²) in [6, 6.07) is 17.8. The minimum atomic E-state index is 0.0505. The highest BCUT2D eigenvalue weighted by atomic mass is 16.5. The van der Waals surface area contributed by atoms with Crippen LogP contribution in [0.25, 0.3) is 0 Å². The average Bonchev–Trinajstić information content (AvgIpc) is 2.97. The van der Waals surface area contributed by atoms with Gasteiger partial charge < -0.3 is 19.7 Å². The topological polar surface area (TPSA) is 54.0 Å². The van der Waals surface area contributed by atoms with Crippen molar-refractivity contribution in [2.24, 2.45) is 0 Å². The molecule has 150 valence electrons. The zero-order valence-electron chi connectivity index (χ0n) is 16.5. The van der Waals surface area contributed by atoms with Crippen molar-refractivity contribution in [2.75, 3.05) is 57.9 Å². The Morgan fingerprint density at radius 3 is 2.50 bits per heavy atom. The van der Waals surface area contributed by atoms with Crippen molar-refractivity contribution in [3.05, 3.63) is 54.6 Å². The fourth-order valence-electron chi connectivity index (χ4n) is 3.32. The fraction of sp³-hybridized carbons (Fsp3) is 0.409. The van der Waals surface area contributed by atoms with Crippen LogP contribution in [-0.2, 0) is 4.79 Å². The Morgan fingerprint density at radius 1 is 0.964 bits per heavy atom. The molecule has 0 spiro atoms. The smallest absolute Gasteiger partial charge is 0.234 e. The van der Waals surface area contributed by atoms with Crippen LogP contribution in [0.1, 0.15) is 6.42 Å². The first kappa shape index (κ1) is 20.0. The molecule has 1 N–H and O–H groups in total. The van der Waals surface area contributed by atoms with Crippen molar-refractivity contribution in [3.8, 4) is 11.5 Å². The highest BCUT2D eigenvalue weighted by Crippen LogP contribution is 2.20. The molecule has 0 atom stereocenters. The van der Waals surface area contributed by atoms with Crippen LogP contribution in [-0.4, -0.2) is 63.8 Å². The Morgan fingerprint density at radius 2 is 1.75 bits per heavy atom. The van der Waals surface area contributed by atoms with Crippen molar-refractivity contribution in [1.82, 2.24) is 10.2 Å². The third-order valence-electron chi connectivity index (χ3n) is 4.83. The van der Waals surface area contributed by atoms with E-state index < -0.39 is 0 Å². The van der Waals surface area contributed by atoms with Gasteiger partial charge in [-0.3, -0.25) is 9.69 Å². The molecule has 0 bridgehead atoms. The standard InChI is InChI=1S/C22H29N3O3/c1-27-20-10-8-19(9-11-20)25-14-5-13-24(15-16-25)18-22(26)23-12-17-28-21-6-3-2-4-7-21/h2-4,6-11H,5,12-18H2,1H3,(H,23,26). The zero-order chi connectivity index (χ0) is 19.6. The van der Waals surface area contributed by atoms with Gasteiger partial charge in [-0.15, -0.1) is 0 Å². The summed E-state index contributed by atoms with van der Waals surface area (Å²) in [7, 11) is 1.68. The number of hydrogen-bond acceptors (Lipinski definition) is 5. The lowest BCUT2D eigenvalue weighted by molar-refractivity contribution is -0.122. The Bertz CT molecular complexity index is 722. The molecule has 0 radical (unpaired) electrons. The predicted octanol–water partition coefficient (Wildman–Crippen LogP) is 2.40. The molecule has 0 aromatic heterocycles. The molecule has 0 aliphatic carbocycles. The molecule has 6 nitrogen and oxygen atoms in total. The first-order valence-electron chi connectivity index (χ1n) is 9.80. The number of carbonyl (C=O) groups excluding carboxylic acids is 1. The number of carbonyl (C=O) groups is 1. The number of nitrogens with one attached hydrogen (secondary N) is 1. The molecule has 0 unspecified atom stereocenters. The van der Waals surface area contributed by atoms with Crippen molar-refractivity contribution in [2.45, 2.75) is 6.42 Å². The molecule has 6 heteroatoms. The number of para-hydroxylation sites is 1. The van der Waals surface area contributed by atoms with Crippen LogP contribution < -0.4 is 19.7 Å². The third-order valence-corrected chi connectivity index (χ3v) is 4.83. The lowest BCUT2D eigenvalue weighted by Crippen LogP contribution is -2.40. The van der Waals surface area contributed by atoms with Gasteiger partial charge in [0.25, 0.3) is 0 Å². The van der Waals surface area contributed by atoms with Crippen LogP contribution in [0.15, 0.2) is 54.6 Å². The molecule has 1 fully saturated rings. The van der Waals surface area contributed by atoms with Gasteiger partial charge in [-0.1, -0.05) is 18.2 Å². The Labute approximate surface area is 167 Å². The highest BCUT2D eigenvalue weighted by Gasteiger charge is 2.17. The van der Waals surface area contributed by atoms with Crippen molar-refractivity contribution in [3.63, 3.8) is 0 Å². The summed E-state index contributed by atoms with van der Waals surface area (Å²) in [5.74, 6) is 1.74. The molecule has 2 aromatic carbocycles. The Kier molecular flexibility index (Phi) is 7.55. The minimum Gasteiger partial charge on any atom is -0.497 e. The normalized spacial score (nSPS) is 15.0. The van der Waals surface area contributed by atoms with Crippen LogP contribution >= 0.6 is 0 Å². The van der Waals surface area contributed by atoms with E-state index in [1.54, 1.807) is 7.11 Å². The number of benzene rings is 2. The van der Waals surface area contributed by atoms with E-state index in [0.717, 1.165) is 44.1 Å². The predicted molar refractivity (Wildman–Crippen MR) is 111 cm³/mol. The number of amides is 1. The van der Waals surface area contributed by atoms with Gasteiger partial charge in [-0.2, -0.15) is 0 Å². The summed E-state index contributed by atoms with van der Waals surface area (Å²) in [6.07, 6.45) is 1.04. The molecule has 1 amide bonds. The SMILES string of the molecule is COc1ccc(N2CCCN(CC(=O)NCCOc3ccccc3)CC2)cc1. The number of ether oxygens (including phenoxy) is 2. The molecule has 2 aromatic rings. The number of hydrogen-bond donors (Lipinski definition) is 1. The quantitative estimate of drug-likeness (QED) is 0.710. The maximum atomic E-state index is 12.2. The van der Waals surface area contributed by atoms with Gasteiger partial charge in [0.05, 0.1) is 20.2 Å². The third kappa shape index (κ3) is 6.16. The van der Waals surface area contributed by atoms with Crippen LogP contribution in [0.2, 0.25) is 0 Å². The summed E-state index contributed by atoms with van der Waals surface area (Å²) >= 11 is 0. The van der Waals surface area contributed by atoms with E-state index >= 15 is 0 Å². The van der Waals surface area contributed by atoms with Gasteiger partial charge in [-0.05, 0) is 42.8 Å². The zero-order valence-corrected chi connectivity index (χ0v) is 16.5. The Balaban J connectivity index is 1.37. The second-order valence-corrected chi connectivity index (χ2v) is 6.83. The van der Waals surface area contributed by atoms with E-state index in [2.05, 4.69) is 27.2 Å². The van der Waals surface area contributed by atoms with E-state index in [9.17, 15) is 4.79 Å². The van der Waals surface area contributed by atoms with Crippen LogP contribution in [0, 0.1) is 0 Å². The molecule has 3 rings (SSSR count). The van der Waals surface area contributed by atoms with Crippen LogP contribution in [0.3, 0.4) is 0 Å². The molecule has 28 heavy (non-hydrogen) atoms. The summed E-state index contributed by atoms with van der Waals surface area (Å²) < 4.78 is 10.8. The summed E-state index contributed by atoms with van der Waals surface area (Å²) in [6.45, 7) is 5.13. The van der Waals surface area contributed by atoms with E-state index in [0.29, 0.717) is 19.7 Å². The monoisotopic (exact) mass is 383 g/mol. The molecule has 1 aliphatic heterocycles. The minimum absolute atomic E-state index is 0.0505. The molecule has 0 saturated carbocycles. The van der Waals surface area contributed by atoms with Crippen LogP contribution in [0.5, 0.6) is 11.5 Å². The largest absolute Gasteiger partial charge is 0.497 e. The van der Waals surface area contributed by atoms with E-state index in [1.165, 1.54) is 5.69 Å².